The second-order valence-electron chi connectivity index (χ2n) is 5.33. The van der Waals surface area contributed by atoms with Crippen LogP contribution in [0.25, 0.3) is 0 Å². The molecule has 19 heavy (non-hydrogen) atoms. The largest absolute Gasteiger partial charge is 0.496 e. The maximum absolute atomic E-state index is 11.5. The molecule has 1 saturated heterocycles. The SMILES string of the molecule is COc1cc(N)ccc1CNC1(C)CCS(=O)(=O)C1. The number of rotatable bonds is 4. The van der Waals surface area contributed by atoms with E-state index in [1.54, 1.807) is 13.2 Å². The number of nitrogens with two attached hydrogens (primary N) is 1. The molecule has 0 spiro atoms. The molecule has 0 aromatic heterocycles. The molecule has 1 aromatic carbocycles. The fraction of sp³-hybridized carbons (Fsp3) is 0.538. The zero-order chi connectivity index (χ0) is 14.1. The van der Waals surface area contributed by atoms with Crippen molar-refractivity contribution in [1.82, 2.24) is 5.32 Å². The highest BCUT2D eigenvalue weighted by Gasteiger charge is 2.37. The summed E-state index contributed by atoms with van der Waals surface area (Å²) in [7, 11) is -1.30. The van der Waals surface area contributed by atoms with Crippen molar-refractivity contribution in [2.45, 2.75) is 25.4 Å². The second kappa shape index (κ2) is 5.02. The first-order valence-electron chi connectivity index (χ1n) is 6.21. The first kappa shape index (κ1) is 14.1. The Labute approximate surface area is 114 Å². The minimum absolute atomic E-state index is 0.192. The van der Waals surface area contributed by atoms with Crippen LogP contribution in [0.5, 0.6) is 5.75 Å². The normalized spacial score (nSPS) is 25.4. The molecule has 0 radical (unpaired) electrons. The van der Waals surface area contributed by atoms with E-state index in [4.69, 9.17) is 10.5 Å². The Bertz CT molecular complexity index is 571. The number of ether oxygens (including phenoxy) is 1. The van der Waals surface area contributed by atoms with Gasteiger partial charge in [0.05, 0.1) is 18.6 Å². The molecule has 2 rings (SSSR count). The van der Waals surface area contributed by atoms with Crippen LogP contribution in [0, 0.1) is 0 Å². The molecule has 3 N–H and O–H groups in total. The number of hydrogen-bond donors (Lipinski definition) is 2. The molecule has 0 aliphatic carbocycles. The lowest BCUT2D eigenvalue weighted by Gasteiger charge is -2.24. The highest BCUT2D eigenvalue weighted by Crippen LogP contribution is 2.26. The highest BCUT2D eigenvalue weighted by molar-refractivity contribution is 7.91. The minimum Gasteiger partial charge on any atom is -0.496 e. The van der Waals surface area contributed by atoms with E-state index in [0.29, 0.717) is 18.7 Å². The smallest absolute Gasteiger partial charge is 0.152 e. The fourth-order valence-corrected chi connectivity index (χ4v) is 4.49. The van der Waals surface area contributed by atoms with Crippen molar-refractivity contribution in [3.63, 3.8) is 0 Å². The predicted octanol–water partition coefficient (Wildman–Crippen LogP) is 0.944. The molecule has 106 valence electrons. The van der Waals surface area contributed by atoms with Crippen molar-refractivity contribution < 1.29 is 13.2 Å². The molecule has 1 aliphatic rings. The Morgan fingerprint density at radius 2 is 2.21 bits per heavy atom. The number of nitrogens with one attached hydrogen (secondary N) is 1. The van der Waals surface area contributed by atoms with Crippen LogP contribution in [0.15, 0.2) is 18.2 Å². The molecular weight excluding hydrogens is 264 g/mol. The summed E-state index contributed by atoms with van der Waals surface area (Å²) in [6.45, 7) is 2.51. The maximum Gasteiger partial charge on any atom is 0.152 e. The molecule has 6 heteroatoms. The predicted molar refractivity (Wildman–Crippen MR) is 75.9 cm³/mol. The van der Waals surface area contributed by atoms with Crippen LogP contribution >= 0.6 is 0 Å². The van der Waals surface area contributed by atoms with Gasteiger partial charge in [0.2, 0.25) is 0 Å². The molecule has 0 bridgehead atoms. The Balaban J connectivity index is 2.07. The second-order valence-corrected chi connectivity index (χ2v) is 7.51. The summed E-state index contributed by atoms with van der Waals surface area (Å²) < 4.78 is 28.4. The van der Waals surface area contributed by atoms with Gasteiger partial charge in [-0.05, 0) is 19.4 Å². The summed E-state index contributed by atoms with van der Waals surface area (Å²) in [4.78, 5) is 0. The van der Waals surface area contributed by atoms with Gasteiger partial charge < -0.3 is 15.8 Å². The Hall–Kier alpha value is -1.27. The van der Waals surface area contributed by atoms with E-state index in [1.807, 2.05) is 19.1 Å². The van der Waals surface area contributed by atoms with Crippen molar-refractivity contribution in [3.05, 3.63) is 23.8 Å². The van der Waals surface area contributed by atoms with E-state index in [-0.39, 0.29) is 17.0 Å². The third kappa shape index (κ3) is 3.39. The van der Waals surface area contributed by atoms with Crippen LogP contribution in [0.1, 0.15) is 18.9 Å². The van der Waals surface area contributed by atoms with Gasteiger partial charge in [-0.3, -0.25) is 0 Å². The molecule has 0 saturated carbocycles. The first-order chi connectivity index (χ1) is 8.84. The quantitative estimate of drug-likeness (QED) is 0.804. The van der Waals surface area contributed by atoms with Crippen LogP contribution in [0.3, 0.4) is 0 Å². The fourth-order valence-electron chi connectivity index (χ4n) is 2.37. The minimum atomic E-state index is -2.89. The lowest BCUT2D eigenvalue weighted by molar-refractivity contribution is 0.379. The zero-order valence-corrected chi connectivity index (χ0v) is 12.1. The van der Waals surface area contributed by atoms with Gasteiger partial charge in [0.1, 0.15) is 5.75 Å². The van der Waals surface area contributed by atoms with Crippen LogP contribution in [-0.2, 0) is 16.4 Å². The Morgan fingerprint density at radius 1 is 1.47 bits per heavy atom. The molecule has 5 nitrogen and oxygen atoms in total. The van der Waals surface area contributed by atoms with E-state index in [0.717, 1.165) is 11.3 Å². The van der Waals surface area contributed by atoms with E-state index in [2.05, 4.69) is 5.32 Å². The third-order valence-electron chi connectivity index (χ3n) is 3.52. The number of sulfone groups is 1. The molecule has 1 unspecified atom stereocenters. The van der Waals surface area contributed by atoms with Gasteiger partial charge in [0, 0.05) is 29.4 Å². The molecule has 1 aromatic rings. The Morgan fingerprint density at radius 3 is 2.79 bits per heavy atom. The molecule has 1 fully saturated rings. The van der Waals surface area contributed by atoms with Gasteiger partial charge in [-0.2, -0.15) is 0 Å². The van der Waals surface area contributed by atoms with Crippen molar-refractivity contribution in [3.8, 4) is 5.75 Å². The summed E-state index contributed by atoms with van der Waals surface area (Å²) in [5, 5.41) is 3.32. The van der Waals surface area contributed by atoms with Gasteiger partial charge in [-0.1, -0.05) is 6.07 Å². The van der Waals surface area contributed by atoms with Gasteiger partial charge in [0.25, 0.3) is 0 Å². The number of methoxy groups -OCH3 is 1. The molecular formula is C13H20N2O3S. The first-order valence-corrected chi connectivity index (χ1v) is 8.04. The van der Waals surface area contributed by atoms with Crippen molar-refractivity contribution in [2.24, 2.45) is 0 Å². The van der Waals surface area contributed by atoms with E-state index in [1.165, 1.54) is 0 Å². The van der Waals surface area contributed by atoms with E-state index < -0.39 is 9.84 Å². The summed E-state index contributed by atoms with van der Waals surface area (Å²) in [6, 6.07) is 5.48. The van der Waals surface area contributed by atoms with Gasteiger partial charge in [-0.25, -0.2) is 8.42 Å². The van der Waals surface area contributed by atoms with Crippen LogP contribution < -0.4 is 15.8 Å². The van der Waals surface area contributed by atoms with Gasteiger partial charge in [-0.15, -0.1) is 0 Å². The molecule has 0 amide bonds. The standard InChI is InChI=1S/C13H20N2O3S/c1-13(5-6-19(16,17)9-13)15-8-10-3-4-11(14)7-12(10)18-2/h3-4,7,15H,5-6,8-9,14H2,1-2H3. The van der Waals surface area contributed by atoms with Crippen LogP contribution in [0.4, 0.5) is 5.69 Å². The summed E-state index contributed by atoms with van der Waals surface area (Å²) in [5.41, 5.74) is 6.97. The maximum atomic E-state index is 11.5. The monoisotopic (exact) mass is 284 g/mol. The van der Waals surface area contributed by atoms with E-state index >= 15 is 0 Å². The number of nitrogen functional groups attached to an aromatic ring is 1. The van der Waals surface area contributed by atoms with Crippen molar-refractivity contribution in [1.29, 1.82) is 0 Å². The van der Waals surface area contributed by atoms with Crippen LogP contribution in [0.2, 0.25) is 0 Å². The number of anilines is 1. The Kier molecular flexibility index (Phi) is 3.73. The molecule has 1 aliphatic heterocycles. The van der Waals surface area contributed by atoms with Gasteiger partial charge in [0.15, 0.2) is 9.84 Å². The van der Waals surface area contributed by atoms with Crippen LogP contribution in [-0.4, -0.2) is 32.6 Å². The van der Waals surface area contributed by atoms with E-state index in [9.17, 15) is 8.42 Å². The highest BCUT2D eigenvalue weighted by atomic mass is 32.2. The summed E-state index contributed by atoms with van der Waals surface area (Å²) in [6.07, 6.45) is 0.645. The summed E-state index contributed by atoms with van der Waals surface area (Å²) in [5.74, 6) is 1.17. The van der Waals surface area contributed by atoms with Gasteiger partial charge >= 0.3 is 0 Å². The number of benzene rings is 1. The topological polar surface area (TPSA) is 81.4 Å². The number of hydrogen-bond acceptors (Lipinski definition) is 5. The third-order valence-corrected chi connectivity index (χ3v) is 5.42. The van der Waals surface area contributed by atoms with Crippen molar-refractivity contribution in [2.75, 3.05) is 24.3 Å². The zero-order valence-electron chi connectivity index (χ0n) is 11.3. The van der Waals surface area contributed by atoms with Crippen molar-refractivity contribution >= 4 is 15.5 Å². The lowest BCUT2D eigenvalue weighted by atomic mass is 10.0. The molecule has 1 atom stereocenters. The average Bonchev–Trinajstić information content (AvgIpc) is 2.62. The summed E-state index contributed by atoms with van der Waals surface area (Å²) >= 11 is 0. The molecule has 1 heterocycles. The lowest BCUT2D eigenvalue weighted by Crippen LogP contribution is -2.42. The average molecular weight is 284 g/mol.